The molecule has 3 N–H and O–H groups in total. The number of halogens is 1. The summed E-state index contributed by atoms with van der Waals surface area (Å²) < 4.78 is 12.8. The maximum atomic E-state index is 12.8. The van der Waals surface area contributed by atoms with E-state index in [0.29, 0.717) is 12.1 Å². The Morgan fingerprint density at radius 2 is 2.04 bits per heavy atom. The summed E-state index contributed by atoms with van der Waals surface area (Å²) in [5.74, 6) is -0.871. The fourth-order valence-corrected chi connectivity index (χ4v) is 2.69. The fourth-order valence-electron chi connectivity index (χ4n) is 2.69. The molecular formula is C16H22FN3O3. The Morgan fingerprint density at radius 1 is 1.35 bits per heavy atom. The van der Waals surface area contributed by atoms with Crippen molar-refractivity contribution in [1.29, 1.82) is 0 Å². The molecule has 1 aliphatic rings. The van der Waals surface area contributed by atoms with Crippen LogP contribution < -0.4 is 10.6 Å². The number of nitrogens with one attached hydrogen (secondary N) is 2. The standard InChI is InChI=1S/C16H22FN3O3/c1-20-9-13(8-14(20)10-21)19-15(22)6-7-18-16(23)11-2-4-12(17)5-3-11/h2-5,13-14,21H,6-10H2,1H3,(H,18,23)(H,19,22)/t13-,14+/m1/s1. The average molecular weight is 323 g/mol. The summed E-state index contributed by atoms with van der Waals surface area (Å²) in [5.41, 5.74) is 0.356. The van der Waals surface area contributed by atoms with Crippen molar-refractivity contribution in [3.05, 3.63) is 35.6 Å². The van der Waals surface area contributed by atoms with Gasteiger partial charge in [-0.25, -0.2) is 4.39 Å². The number of amides is 2. The predicted octanol–water partition coefficient (Wildman–Crippen LogP) is 0.127. The molecule has 0 aromatic heterocycles. The van der Waals surface area contributed by atoms with Crippen molar-refractivity contribution in [1.82, 2.24) is 15.5 Å². The Balaban J connectivity index is 1.69. The number of benzene rings is 1. The maximum absolute atomic E-state index is 12.8. The second kappa shape index (κ2) is 8.03. The van der Waals surface area contributed by atoms with E-state index in [4.69, 9.17) is 0 Å². The van der Waals surface area contributed by atoms with Crippen molar-refractivity contribution in [2.75, 3.05) is 26.7 Å². The molecule has 1 fully saturated rings. The first-order valence-electron chi connectivity index (χ1n) is 7.64. The van der Waals surface area contributed by atoms with Crippen LogP contribution in [0.15, 0.2) is 24.3 Å². The van der Waals surface area contributed by atoms with Crippen LogP contribution in [0, 0.1) is 5.82 Å². The number of likely N-dealkylation sites (N-methyl/N-ethyl adjacent to an activating group) is 1. The maximum Gasteiger partial charge on any atom is 0.251 e. The molecule has 23 heavy (non-hydrogen) atoms. The van der Waals surface area contributed by atoms with Gasteiger partial charge in [0.05, 0.1) is 6.61 Å². The number of rotatable bonds is 6. The minimum Gasteiger partial charge on any atom is -0.395 e. The highest BCUT2D eigenvalue weighted by Gasteiger charge is 2.29. The summed E-state index contributed by atoms with van der Waals surface area (Å²) in [6, 6.07) is 5.34. The Labute approximate surface area is 134 Å². The average Bonchev–Trinajstić information content (AvgIpc) is 2.87. The van der Waals surface area contributed by atoms with E-state index in [0.717, 1.165) is 6.42 Å². The molecule has 2 amide bonds. The van der Waals surface area contributed by atoms with Crippen molar-refractivity contribution in [3.63, 3.8) is 0 Å². The van der Waals surface area contributed by atoms with E-state index < -0.39 is 5.82 Å². The van der Waals surface area contributed by atoms with Crippen molar-refractivity contribution >= 4 is 11.8 Å². The number of nitrogens with zero attached hydrogens (tertiary/aromatic N) is 1. The van der Waals surface area contributed by atoms with Crippen molar-refractivity contribution in [2.45, 2.75) is 24.9 Å². The van der Waals surface area contributed by atoms with Gasteiger partial charge < -0.3 is 15.7 Å². The number of carbonyl (C=O) groups excluding carboxylic acids is 2. The van der Waals surface area contributed by atoms with Gasteiger partial charge in [-0.05, 0) is 37.7 Å². The molecule has 1 saturated heterocycles. The van der Waals surface area contributed by atoms with Gasteiger partial charge in [0.2, 0.25) is 5.91 Å². The molecule has 0 saturated carbocycles. The van der Waals surface area contributed by atoms with E-state index in [1.165, 1.54) is 24.3 Å². The zero-order valence-electron chi connectivity index (χ0n) is 13.1. The highest BCUT2D eigenvalue weighted by Crippen LogP contribution is 2.15. The third-order valence-corrected chi connectivity index (χ3v) is 4.01. The second-order valence-corrected chi connectivity index (χ2v) is 5.79. The van der Waals surface area contributed by atoms with Crippen LogP contribution in [0.3, 0.4) is 0 Å². The molecule has 0 unspecified atom stereocenters. The monoisotopic (exact) mass is 323 g/mol. The lowest BCUT2D eigenvalue weighted by Crippen LogP contribution is -2.38. The Bertz CT molecular complexity index is 550. The zero-order chi connectivity index (χ0) is 16.8. The number of hydrogen-bond acceptors (Lipinski definition) is 4. The molecule has 0 radical (unpaired) electrons. The minimum absolute atomic E-state index is 0.0254. The summed E-state index contributed by atoms with van der Waals surface area (Å²) >= 11 is 0. The van der Waals surface area contributed by atoms with Crippen LogP contribution in [-0.2, 0) is 4.79 Å². The normalized spacial score (nSPS) is 21.2. The van der Waals surface area contributed by atoms with Crippen LogP contribution in [-0.4, -0.2) is 60.6 Å². The van der Waals surface area contributed by atoms with Gasteiger partial charge in [0, 0.05) is 37.2 Å². The third-order valence-electron chi connectivity index (χ3n) is 4.01. The zero-order valence-corrected chi connectivity index (χ0v) is 13.1. The first-order chi connectivity index (χ1) is 11.0. The van der Waals surface area contributed by atoms with Crippen LogP contribution >= 0.6 is 0 Å². The SMILES string of the molecule is CN1C[C@H](NC(=O)CCNC(=O)c2ccc(F)cc2)C[C@H]1CO. The number of aliphatic hydroxyl groups excluding tert-OH is 1. The van der Waals surface area contributed by atoms with Gasteiger partial charge in [-0.3, -0.25) is 14.5 Å². The Hall–Kier alpha value is -1.99. The Morgan fingerprint density at radius 3 is 2.65 bits per heavy atom. The summed E-state index contributed by atoms with van der Waals surface area (Å²) in [6.45, 7) is 1.00. The highest BCUT2D eigenvalue weighted by atomic mass is 19.1. The van der Waals surface area contributed by atoms with Gasteiger partial charge in [-0.1, -0.05) is 0 Å². The van der Waals surface area contributed by atoms with E-state index in [9.17, 15) is 19.1 Å². The van der Waals surface area contributed by atoms with E-state index in [1.807, 2.05) is 11.9 Å². The van der Waals surface area contributed by atoms with E-state index in [1.54, 1.807) is 0 Å². The molecule has 2 atom stereocenters. The van der Waals surface area contributed by atoms with Crippen LogP contribution in [0.25, 0.3) is 0 Å². The number of hydrogen-bond donors (Lipinski definition) is 3. The molecule has 0 bridgehead atoms. The van der Waals surface area contributed by atoms with Crippen LogP contribution in [0.4, 0.5) is 4.39 Å². The van der Waals surface area contributed by atoms with E-state index in [2.05, 4.69) is 10.6 Å². The topological polar surface area (TPSA) is 81.7 Å². The third kappa shape index (κ3) is 5.01. The van der Waals surface area contributed by atoms with Gasteiger partial charge in [0.15, 0.2) is 0 Å². The van der Waals surface area contributed by atoms with Gasteiger partial charge in [-0.15, -0.1) is 0 Å². The van der Waals surface area contributed by atoms with Gasteiger partial charge in [0.25, 0.3) is 5.91 Å². The molecule has 2 rings (SSSR count). The van der Waals surface area contributed by atoms with Crippen LogP contribution in [0.1, 0.15) is 23.2 Å². The molecule has 0 spiro atoms. The van der Waals surface area contributed by atoms with E-state index in [-0.39, 0.29) is 43.5 Å². The molecule has 1 aliphatic heterocycles. The lowest BCUT2D eigenvalue weighted by atomic mass is 10.2. The molecule has 1 aromatic carbocycles. The molecule has 6 nitrogen and oxygen atoms in total. The van der Waals surface area contributed by atoms with Crippen LogP contribution in [0.5, 0.6) is 0 Å². The Kier molecular flexibility index (Phi) is 6.06. The quantitative estimate of drug-likeness (QED) is 0.695. The first-order valence-corrected chi connectivity index (χ1v) is 7.64. The molecule has 7 heteroatoms. The van der Waals surface area contributed by atoms with Gasteiger partial charge in [-0.2, -0.15) is 0 Å². The van der Waals surface area contributed by atoms with E-state index >= 15 is 0 Å². The summed E-state index contributed by atoms with van der Waals surface area (Å²) in [5, 5.41) is 14.7. The minimum atomic E-state index is -0.399. The smallest absolute Gasteiger partial charge is 0.251 e. The lowest BCUT2D eigenvalue weighted by Gasteiger charge is -2.15. The number of likely N-dealkylation sites (tertiary alicyclic amines) is 1. The largest absolute Gasteiger partial charge is 0.395 e. The molecule has 126 valence electrons. The molecular weight excluding hydrogens is 301 g/mol. The fraction of sp³-hybridized carbons (Fsp3) is 0.500. The summed E-state index contributed by atoms with van der Waals surface area (Å²) in [7, 11) is 1.91. The summed E-state index contributed by atoms with van der Waals surface area (Å²) in [6.07, 6.45) is 0.900. The van der Waals surface area contributed by atoms with Crippen molar-refractivity contribution in [3.8, 4) is 0 Å². The molecule has 1 aromatic rings. The predicted molar refractivity (Wildman–Crippen MR) is 83.4 cm³/mol. The molecule has 0 aliphatic carbocycles. The summed E-state index contributed by atoms with van der Waals surface area (Å²) in [4.78, 5) is 25.7. The van der Waals surface area contributed by atoms with Gasteiger partial charge >= 0.3 is 0 Å². The highest BCUT2D eigenvalue weighted by molar-refractivity contribution is 5.94. The molecule has 1 heterocycles. The second-order valence-electron chi connectivity index (χ2n) is 5.79. The number of carbonyl (C=O) groups is 2. The van der Waals surface area contributed by atoms with Crippen molar-refractivity contribution < 1.29 is 19.1 Å². The van der Waals surface area contributed by atoms with Gasteiger partial charge in [0.1, 0.15) is 5.82 Å². The van der Waals surface area contributed by atoms with Crippen LogP contribution in [0.2, 0.25) is 0 Å². The first kappa shape index (κ1) is 17.4. The number of aliphatic hydroxyl groups is 1. The lowest BCUT2D eigenvalue weighted by molar-refractivity contribution is -0.121. The van der Waals surface area contributed by atoms with Crippen molar-refractivity contribution in [2.24, 2.45) is 0 Å².